The Hall–Kier alpha value is -2.37. The number of carbonyl (C=O) groups is 1. The van der Waals surface area contributed by atoms with Crippen molar-refractivity contribution in [1.82, 2.24) is 10.1 Å². The Morgan fingerprint density at radius 3 is 2.62 bits per heavy atom. The van der Waals surface area contributed by atoms with Crippen molar-refractivity contribution in [2.45, 2.75) is 39.0 Å². The molecule has 1 N–H and O–H groups in total. The summed E-state index contributed by atoms with van der Waals surface area (Å²) in [6.45, 7) is 7.02. The van der Waals surface area contributed by atoms with Crippen LogP contribution < -0.4 is 4.90 Å². The SMILES string of the molecule is CC(C)(C)c1nc(N2CCC(Cc3ccccc3)(C(=O)O)C2)no1. The van der Waals surface area contributed by atoms with Crippen LogP contribution in [0, 0.1) is 5.41 Å². The molecule has 3 rings (SSSR count). The molecule has 1 aromatic carbocycles. The molecule has 1 aliphatic heterocycles. The third-order valence-corrected chi connectivity index (χ3v) is 4.53. The van der Waals surface area contributed by atoms with Gasteiger partial charge in [0.25, 0.3) is 5.95 Å². The van der Waals surface area contributed by atoms with Crippen LogP contribution in [0.5, 0.6) is 0 Å². The molecule has 2 aromatic rings. The number of hydrogen-bond donors (Lipinski definition) is 1. The van der Waals surface area contributed by atoms with Gasteiger partial charge in [0, 0.05) is 18.5 Å². The van der Waals surface area contributed by atoms with Crippen molar-refractivity contribution in [3.05, 3.63) is 41.8 Å². The van der Waals surface area contributed by atoms with Crippen molar-refractivity contribution in [1.29, 1.82) is 0 Å². The van der Waals surface area contributed by atoms with Crippen LogP contribution in [0.25, 0.3) is 0 Å². The molecule has 0 amide bonds. The predicted octanol–water partition coefficient (Wildman–Crippen LogP) is 2.89. The van der Waals surface area contributed by atoms with Gasteiger partial charge < -0.3 is 14.5 Å². The summed E-state index contributed by atoms with van der Waals surface area (Å²) in [4.78, 5) is 18.3. The standard InChI is InChI=1S/C18H23N3O3/c1-17(2,3)14-19-16(20-24-14)21-10-9-18(12-21,15(22)23)11-13-7-5-4-6-8-13/h4-8H,9-12H2,1-3H3,(H,22,23). The Morgan fingerprint density at radius 2 is 2.04 bits per heavy atom. The van der Waals surface area contributed by atoms with Crippen LogP contribution in [0.4, 0.5) is 5.95 Å². The lowest BCUT2D eigenvalue weighted by molar-refractivity contribution is -0.147. The summed E-state index contributed by atoms with van der Waals surface area (Å²) in [6.07, 6.45) is 1.07. The van der Waals surface area contributed by atoms with Gasteiger partial charge in [0.05, 0.1) is 5.41 Å². The summed E-state index contributed by atoms with van der Waals surface area (Å²) in [5, 5.41) is 13.9. The van der Waals surface area contributed by atoms with Gasteiger partial charge in [-0.1, -0.05) is 51.1 Å². The minimum atomic E-state index is -0.816. The van der Waals surface area contributed by atoms with Crippen molar-refractivity contribution in [2.75, 3.05) is 18.0 Å². The summed E-state index contributed by atoms with van der Waals surface area (Å²) < 4.78 is 5.34. The summed E-state index contributed by atoms with van der Waals surface area (Å²) in [5.74, 6) is 0.276. The average Bonchev–Trinajstić information content (AvgIpc) is 3.15. The highest BCUT2D eigenvalue weighted by Gasteiger charge is 2.46. The second kappa shape index (κ2) is 5.92. The first kappa shape index (κ1) is 16.5. The van der Waals surface area contributed by atoms with Gasteiger partial charge in [-0.3, -0.25) is 4.79 Å². The zero-order valence-electron chi connectivity index (χ0n) is 14.3. The van der Waals surface area contributed by atoms with E-state index in [1.54, 1.807) is 0 Å². The van der Waals surface area contributed by atoms with E-state index in [9.17, 15) is 9.90 Å². The Bertz CT molecular complexity index is 721. The molecule has 1 aromatic heterocycles. The van der Waals surface area contributed by atoms with Crippen LogP contribution in [0.2, 0.25) is 0 Å². The lowest BCUT2D eigenvalue weighted by Gasteiger charge is -2.24. The van der Waals surface area contributed by atoms with Crippen LogP contribution in [0.1, 0.15) is 38.6 Å². The molecule has 24 heavy (non-hydrogen) atoms. The molecule has 128 valence electrons. The highest BCUT2D eigenvalue weighted by Crippen LogP contribution is 2.36. The summed E-state index contributed by atoms with van der Waals surface area (Å²) in [7, 11) is 0. The number of benzene rings is 1. The Labute approximate surface area is 141 Å². The van der Waals surface area contributed by atoms with Gasteiger partial charge >= 0.3 is 5.97 Å². The van der Waals surface area contributed by atoms with Gasteiger partial charge in [0.1, 0.15) is 0 Å². The maximum absolute atomic E-state index is 12.0. The highest BCUT2D eigenvalue weighted by molar-refractivity contribution is 5.77. The topological polar surface area (TPSA) is 79.5 Å². The molecule has 6 heteroatoms. The normalized spacial score (nSPS) is 21.2. The van der Waals surface area contributed by atoms with E-state index < -0.39 is 11.4 Å². The fraction of sp³-hybridized carbons (Fsp3) is 0.500. The predicted molar refractivity (Wildman–Crippen MR) is 90.0 cm³/mol. The molecular formula is C18H23N3O3. The number of carboxylic acid groups (broad SMARTS) is 1. The molecule has 0 radical (unpaired) electrons. The summed E-state index contributed by atoms with van der Waals surface area (Å²) >= 11 is 0. The van der Waals surface area contributed by atoms with Crippen LogP contribution in [-0.4, -0.2) is 34.3 Å². The molecule has 1 fully saturated rings. The number of anilines is 1. The van der Waals surface area contributed by atoms with E-state index in [4.69, 9.17) is 4.52 Å². The Kier molecular flexibility index (Phi) is 4.07. The van der Waals surface area contributed by atoms with E-state index in [-0.39, 0.29) is 5.41 Å². The molecule has 0 bridgehead atoms. The minimum Gasteiger partial charge on any atom is -0.481 e. The van der Waals surface area contributed by atoms with Gasteiger partial charge in [0.15, 0.2) is 0 Å². The Morgan fingerprint density at radius 1 is 1.33 bits per heavy atom. The van der Waals surface area contributed by atoms with E-state index in [1.165, 1.54) is 0 Å². The first-order chi connectivity index (χ1) is 11.3. The van der Waals surface area contributed by atoms with Crippen molar-refractivity contribution >= 4 is 11.9 Å². The summed E-state index contributed by atoms with van der Waals surface area (Å²) in [6, 6.07) is 9.75. The van der Waals surface area contributed by atoms with Crippen LogP contribution in [0.3, 0.4) is 0 Å². The van der Waals surface area contributed by atoms with E-state index in [0.29, 0.717) is 37.8 Å². The third kappa shape index (κ3) is 3.13. The van der Waals surface area contributed by atoms with Gasteiger partial charge in [-0.25, -0.2) is 0 Å². The van der Waals surface area contributed by atoms with Crippen molar-refractivity contribution in [3.8, 4) is 0 Å². The zero-order valence-corrected chi connectivity index (χ0v) is 14.3. The number of rotatable bonds is 4. The smallest absolute Gasteiger partial charge is 0.311 e. The maximum Gasteiger partial charge on any atom is 0.311 e. The molecule has 0 spiro atoms. The number of carboxylic acids is 1. The van der Waals surface area contributed by atoms with Crippen LogP contribution in [0.15, 0.2) is 34.9 Å². The Balaban J connectivity index is 1.80. The van der Waals surface area contributed by atoms with Crippen molar-refractivity contribution in [2.24, 2.45) is 5.41 Å². The minimum absolute atomic E-state index is 0.223. The van der Waals surface area contributed by atoms with Crippen molar-refractivity contribution < 1.29 is 14.4 Å². The number of hydrogen-bond acceptors (Lipinski definition) is 5. The number of nitrogens with zero attached hydrogens (tertiary/aromatic N) is 3. The van der Waals surface area contributed by atoms with Gasteiger partial charge in [-0.05, 0) is 23.6 Å². The average molecular weight is 329 g/mol. The second-order valence-electron chi connectivity index (χ2n) is 7.57. The lowest BCUT2D eigenvalue weighted by atomic mass is 9.81. The van der Waals surface area contributed by atoms with Crippen molar-refractivity contribution in [3.63, 3.8) is 0 Å². The molecule has 6 nitrogen and oxygen atoms in total. The first-order valence-electron chi connectivity index (χ1n) is 8.17. The molecule has 1 atom stereocenters. The number of aromatic nitrogens is 2. The molecule has 1 saturated heterocycles. The largest absolute Gasteiger partial charge is 0.481 e. The molecule has 1 aliphatic rings. The highest BCUT2D eigenvalue weighted by atomic mass is 16.5. The van der Waals surface area contributed by atoms with E-state index in [2.05, 4.69) is 10.1 Å². The van der Waals surface area contributed by atoms with Gasteiger partial charge in [-0.15, -0.1) is 0 Å². The molecule has 0 saturated carbocycles. The molecule has 1 unspecified atom stereocenters. The second-order valence-corrected chi connectivity index (χ2v) is 7.57. The van der Waals surface area contributed by atoms with E-state index in [0.717, 1.165) is 5.56 Å². The van der Waals surface area contributed by atoms with Gasteiger partial charge in [0.2, 0.25) is 5.89 Å². The van der Waals surface area contributed by atoms with Gasteiger partial charge in [-0.2, -0.15) is 4.98 Å². The first-order valence-corrected chi connectivity index (χ1v) is 8.17. The van der Waals surface area contributed by atoms with Crippen LogP contribution >= 0.6 is 0 Å². The van der Waals surface area contributed by atoms with E-state index in [1.807, 2.05) is 56.0 Å². The number of aliphatic carboxylic acids is 1. The third-order valence-electron chi connectivity index (χ3n) is 4.53. The molecule has 0 aliphatic carbocycles. The van der Waals surface area contributed by atoms with Crippen LogP contribution in [-0.2, 0) is 16.6 Å². The molecule has 2 heterocycles. The van der Waals surface area contributed by atoms with E-state index >= 15 is 0 Å². The lowest BCUT2D eigenvalue weighted by Crippen LogP contribution is -2.37. The molecular weight excluding hydrogens is 306 g/mol. The zero-order chi connectivity index (χ0) is 17.4. The monoisotopic (exact) mass is 329 g/mol. The fourth-order valence-electron chi connectivity index (χ4n) is 3.07. The summed E-state index contributed by atoms with van der Waals surface area (Å²) in [5.41, 5.74) is -0.00628. The fourth-order valence-corrected chi connectivity index (χ4v) is 3.07. The quantitative estimate of drug-likeness (QED) is 0.929. The maximum atomic E-state index is 12.0.